The largest absolute Gasteiger partial charge is 0.241 e. The summed E-state index contributed by atoms with van der Waals surface area (Å²) < 4.78 is 25.0. The van der Waals surface area contributed by atoms with Crippen LogP contribution in [0.5, 0.6) is 0 Å². The van der Waals surface area contributed by atoms with E-state index in [0.29, 0.717) is 11.4 Å². The van der Waals surface area contributed by atoms with Crippen LogP contribution in [0.4, 0.5) is 0 Å². The lowest BCUT2D eigenvalue weighted by Crippen LogP contribution is -2.14. The van der Waals surface area contributed by atoms with E-state index in [2.05, 4.69) is 17.2 Å². The van der Waals surface area contributed by atoms with Crippen molar-refractivity contribution in [3.8, 4) is 5.69 Å². The molecule has 5 nitrogen and oxygen atoms in total. The monoisotopic (exact) mass is 293 g/mol. The smallest absolute Gasteiger partial charge is 0.236 e. The van der Waals surface area contributed by atoms with Crippen LogP contribution < -0.4 is 5.14 Å². The topological polar surface area (TPSA) is 78.0 Å². The molecule has 2 aromatic rings. The Morgan fingerprint density at radius 1 is 1.05 bits per heavy atom. The fourth-order valence-corrected chi connectivity index (χ4v) is 3.72. The highest BCUT2D eigenvalue weighted by molar-refractivity contribution is 7.89. The number of aryl methyl sites for hydroxylation is 4. The molecule has 0 saturated heterocycles. The van der Waals surface area contributed by atoms with E-state index in [1.165, 1.54) is 0 Å². The van der Waals surface area contributed by atoms with Crippen LogP contribution in [0.3, 0.4) is 0 Å². The van der Waals surface area contributed by atoms with E-state index in [9.17, 15) is 8.42 Å². The summed E-state index contributed by atoms with van der Waals surface area (Å²) in [6, 6.07) is 4.10. The number of hydrogen-bond donors (Lipinski definition) is 1. The van der Waals surface area contributed by atoms with Crippen LogP contribution >= 0.6 is 0 Å². The predicted molar refractivity (Wildman–Crippen MR) is 78.6 cm³/mol. The second-order valence-corrected chi connectivity index (χ2v) is 6.70. The predicted octanol–water partition coefficient (Wildman–Crippen LogP) is 2.06. The SMILES string of the molecule is Cc1cc(C)c(-n2nc(C)c(S(N)(=O)=O)c2C)c(C)c1. The molecule has 0 fully saturated rings. The zero-order valence-electron chi connectivity index (χ0n) is 12.4. The van der Waals surface area contributed by atoms with Crippen LogP contribution in [-0.4, -0.2) is 18.2 Å². The molecule has 0 spiro atoms. The molecule has 2 N–H and O–H groups in total. The van der Waals surface area contributed by atoms with Gasteiger partial charge in [0.2, 0.25) is 10.0 Å². The Morgan fingerprint density at radius 2 is 1.55 bits per heavy atom. The van der Waals surface area contributed by atoms with Gasteiger partial charge in [-0.3, -0.25) is 0 Å². The number of hydrogen-bond acceptors (Lipinski definition) is 3. The summed E-state index contributed by atoms with van der Waals surface area (Å²) in [5, 5.41) is 9.62. The lowest BCUT2D eigenvalue weighted by atomic mass is 10.1. The molecule has 0 aliphatic rings. The van der Waals surface area contributed by atoms with Gasteiger partial charge in [-0.1, -0.05) is 17.7 Å². The molecule has 108 valence electrons. The lowest BCUT2D eigenvalue weighted by molar-refractivity contribution is 0.596. The number of nitrogens with two attached hydrogens (primary N) is 1. The second-order valence-electron chi connectivity index (χ2n) is 5.20. The van der Waals surface area contributed by atoms with Crippen molar-refractivity contribution < 1.29 is 8.42 Å². The molecule has 0 amide bonds. The van der Waals surface area contributed by atoms with Crippen molar-refractivity contribution in [3.63, 3.8) is 0 Å². The van der Waals surface area contributed by atoms with E-state index in [0.717, 1.165) is 22.4 Å². The summed E-state index contributed by atoms with van der Waals surface area (Å²) in [5.41, 5.74) is 5.13. The Bertz CT molecular complexity index is 766. The minimum atomic E-state index is -3.77. The molecule has 0 unspecified atom stereocenters. The van der Waals surface area contributed by atoms with Gasteiger partial charge in [0.05, 0.1) is 17.1 Å². The first-order valence-corrected chi connectivity index (χ1v) is 7.85. The van der Waals surface area contributed by atoms with E-state index < -0.39 is 10.0 Å². The van der Waals surface area contributed by atoms with Crippen molar-refractivity contribution in [1.82, 2.24) is 9.78 Å². The maximum atomic E-state index is 11.7. The fourth-order valence-electron chi connectivity index (χ4n) is 2.76. The van der Waals surface area contributed by atoms with Gasteiger partial charge in [-0.25, -0.2) is 18.2 Å². The van der Waals surface area contributed by atoms with Crippen molar-refractivity contribution in [3.05, 3.63) is 40.2 Å². The molecule has 1 aromatic carbocycles. The first kappa shape index (κ1) is 14.7. The molecule has 0 saturated carbocycles. The van der Waals surface area contributed by atoms with Crippen LogP contribution in [0.1, 0.15) is 28.1 Å². The Hall–Kier alpha value is -1.66. The minimum Gasteiger partial charge on any atom is -0.236 e. The first-order valence-electron chi connectivity index (χ1n) is 6.30. The molecule has 0 aliphatic carbocycles. The van der Waals surface area contributed by atoms with Gasteiger partial charge in [-0.15, -0.1) is 0 Å². The van der Waals surface area contributed by atoms with E-state index in [1.54, 1.807) is 18.5 Å². The Morgan fingerprint density at radius 3 is 1.95 bits per heavy atom. The molecule has 6 heteroatoms. The highest BCUT2D eigenvalue weighted by Crippen LogP contribution is 2.26. The zero-order chi connectivity index (χ0) is 15.2. The van der Waals surface area contributed by atoms with Crippen LogP contribution in [0.25, 0.3) is 5.69 Å². The van der Waals surface area contributed by atoms with Gasteiger partial charge in [0.1, 0.15) is 4.90 Å². The Kier molecular flexibility index (Phi) is 3.47. The van der Waals surface area contributed by atoms with E-state index in [1.807, 2.05) is 20.8 Å². The number of sulfonamides is 1. The lowest BCUT2D eigenvalue weighted by Gasteiger charge is -2.13. The molecular weight excluding hydrogens is 274 g/mol. The molecule has 2 rings (SSSR count). The van der Waals surface area contributed by atoms with Crippen molar-refractivity contribution >= 4 is 10.0 Å². The zero-order valence-corrected chi connectivity index (χ0v) is 13.2. The molecule has 1 heterocycles. The quantitative estimate of drug-likeness (QED) is 0.920. The van der Waals surface area contributed by atoms with Crippen LogP contribution in [0.15, 0.2) is 17.0 Å². The highest BCUT2D eigenvalue weighted by atomic mass is 32.2. The van der Waals surface area contributed by atoms with Crippen molar-refractivity contribution in [1.29, 1.82) is 0 Å². The normalized spacial score (nSPS) is 11.9. The molecule has 0 atom stereocenters. The molecule has 0 radical (unpaired) electrons. The third kappa shape index (κ3) is 2.36. The number of benzene rings is 1. The van der Waals surface area contributed by atoms with Gasteiger partial charge in [0.25, 0.3) is 0 Å². The standard InChI is InChI=1S/C14H19N3O2S/c1-8-6-9(2)13(10(3)7-8)17-12(5)14(11(4)16-17)20(15,18)19/h6-7H,1-5H3,(H2,15,18,19). The summed E-state index contributed by atoms with van der Waals surface area (Å²) in [4.78, 5) is 0.108. The van der Waals surface area contributed by atoms with Gasteiger partial charge in [-0.05, 0) is 45.7 Å². The first-order chi connectivity index (χ1) is 9.12. The van der Waals surface area contributed by atoms with E-state index in [-0.39, 0.29) is 4.90 Å². The van der Waals surface area contributed by atoms with Crippen LogP contribution in [0.2, 0.25) is 0 Å². The number of aromatic nitrogens is 2. The number of primary sulfonamides is 1. The minimum absolute atomic E-state index is 0.108. The fraction of sp³-hybridized carbons (Fsp3) is 0.357. The van der Waals surface area contributed by atoms with Gasteiger partial charge in [0.15, 0.2) is 0 Å². The van der Waals surface area contributed by atoms with Crippen molar-refractivity contribution in [2.45, 2.75) is 39.5 Å². The second kappa shape index (κ2) is 4.71. The average molecular weight is 293 g/mol. The summed E-state index contributed by atoms with van der Waals surface area (Å²) in [6.45, 7) is 9.38. The summed E-state index contributed by atoms with van der Waals surface area (Å²) >= 11 is 0. The van der Waals surface area contributed by atoms with Gasteiger partial charge in [-0.2, -0.15) is 5.10 Å². The number of nitrogens with zero attached hydrogens (tertiary/aromatic N) is 2. The maximum absolute atomic E-state index is 11.7. The Balaban J connectivity index is 2.80. The van der Waals surface area contributed by atoms with Gasteiger partial charge >= 0.3 is 0 Å². The van der Waals surface area contributed by atoms with Crippen LogP contribution in [-0.2, 0) is 10.0 Å². The number of rotatable bonds is 2. The van der Waals surface area contributed by atoms with Gasteiger partial charge in [0, 0.05) is 0 Å². The van der Waals surface area contributed by atoms with Crippen molar-refractivity contribution in [2.24, 2.45) is 5.14 Å². The third-order valence-corrected chi connectivity index (χ3v) is 4.52. The molecule has 20 heavy (non-hydrogen) atoms. The van der Waals surface area contributed by atoms with E-state index in [4.69, 9.17) is 5.14 Å². The highest BCUT2D eigenvalue weighted by Gasteiger charge is 2.22. The molecule has 1 aromatic heterocycles. The summed E-state index contributed by atoms with van der Waals surface area (Å²) in [5.74, 6) is 0. The van der Waals surface area contributed by atoms with E-state index >= 15 is 0 Å². The summed E-state index contributed by atoms with van der Waals surface area (Å²) in [7, 11) is -3.77. The summed E-state index contributed by atoms with van der Waals surface area (Å²) in [6.07, 6.45) is 0. The van der Waals surface area contributed by atoms with Gasteiger partial charge < -0.3 is 0 Å². The maximum Gasteiger partial charge on any atom is 0.241 e. The molecular formula is C14H19N3O2S. The van der Waals surface area contributed by atoms with Crippen LogP contribution in [0, 0.1) is 34.6 Å². The van der Waals surface area contributed by atoms with Crippen molar-refractivity contribution in [2.75, 3.05) is 0 Å². The molecule has 0 bridgehead atoms. The molecule has 0 aliphatic heterocycles. The Labute approximate surface area is 119 Å². The average Bonchev–Trinajstić information content (AvgIpc) is 2.51. The third-order valence-electron chi connectivity index (χ3n) is 3.36.